The molecule has 0 atom stereocenters. The van der Waals surface area contributed by atoms with Gasteiger partial charge in [-0.3, -0.25) is 9.59 Å². The maximum absolute atomic E-state index is 12.4. The third kappa shape index (κ3) is 6.44. The number of benzene rings is 1. The quantitative estimate of drug-likeness (QED) is 0.470. The van der Waals surface area contributed by atoms with Crippen LogP contribution in [0.15, 0.2) is 36.4 Å². The SMILES string of the molecule is CC/C=C/C(=O)N1CCC(NC(=O)c2ccc(OC(=O)OCC)cc2)CC1. The molecule has 1 aliphatic rings. The van der Waals surface area contributed by atoms with Crippen LogP contribution in [-0.4, -0.2) is 48.6 Å². The van der Waals surface area contributed by atoms with E-state index in [-0.39, 0.29) is 24.5 Å². The molecule has 0 aromatic heterocycles. The van der Waals surface area contributed by atoms with Crippen molar-refractivity contribution >= 4 is 18.0 Å². The van der Waals surface area contributed by atoms with Crippen LogP contribution in [0.2, 0.25) is 0 Å². The molecule has 0 bridgehead atoms. The van der Waals surface area contributed by atoms with Gasteiger partial charge in [0.15, 0.2) is 0 Å². The van der Waals surface area contributed by atoms with E-state index in [1.54, 1.807) is 42.2 Å². The molecule has 1 saturated heterocycles. The Hall–Kier alpha value is -2.83. The number of piperidine rings is 1. The van der Waals surface area contributed by atoms with E-state index < -0.39 is 6.16 Å². The number of hydrogen-bond acceptors (Lipinski definition) is 5. The molecule has 27 heavy (non-hydrogen) atoms. The van der Waals surface area contributed by atoms with Gasteiger partial charge >= 0.3 is 6.16 Å². The van der Waals surface area contributed by atoms with E-state index in [4.69, 9.17) is 9.47 Å². The number of nitrogens with zero attached hydrogens (tertiary/aromatic N) is 1. The molecule has 1 aromatic rings. The largest absolute Gasteiger partial charge is 0.513 e. The summed E-state index contributed by atoms with van der Waals surface area (Å²) in [5.74, 6) is 0.157. The minimum absolute atomic E-state index is 0.0267. The number of hydrogen-bond donors (Lipinski definition) is 1. The van der Waals surface area contributed by atoms with Gasteiger partial charge in [-0.2, -0.15) is 0 Å². The maximum atomic E-state index is 12.4. The number of ether oxygens (including phenoxy) is 2. The molecule has 1 fully saturated rings. The third-order valence-corrected chi connectivity index (χ3v) is 4.22. The standard InChI is InChI=1S/C20H26N2O5/c1-3-5-6-18(23)22-13-11-16(12-14-22)21-19(24)15-7-9-17(10-8-15)27-20(25)26-4-2/h5-10,16H,3-4,11-14H2,1-2H3,(H,21,24)/b6-5+. The van der Waals surface area contributed by atoms with Gasteiger partial charge in [0.25, 0.3) is 5.91 Å². The van der Waals surface area contributed by atoms with Crippen LogP contribution < -0.4 is 10.1 Å². The van der Waals surface area contributed by atoms with Crippen molar-refractivity contribution in [1.82, 2.24) is 10.2 Å². The van der Waals surface area contributed by atoms with E-state index >= 15 is 0 Å². The third-order valence-electron chi connectivity index (χ3n) is 4.22. The van der Waals surface area contributed by atoms with Crippen LogP contribution in [0.3, 0.4) is 0 Å². The molecule has 0 aliphatic carbocycles. The van der Waals surface area contributed by atoms with Gasteiger partial charge < -0.3 is 19.7 Å². The Morgan fingerprint density at radius 2 is 1.81 bits per heavy atom. The number of likely N-dealkylation sites (tertiary alicyclic amines) is 1. The summed E-state index contributed by atoms with van der Waals surface area (Å²) in [7, 11) is 0. The molecular weight excluding hydrogens is 348 g/mol. The lowest BCUT2D eigenvalue weighted by Crippen LogP contribution is -2.46. The van der Waals surface area contributed by atoms with Gasteiger partial charge in [-0.05, 0) is 56.5 Å². The number of nitrogens with one attached hydrogen (secondary N) is 1. The zero-order valence-corrected chi connectivity index (χ0v) is 15.8. The van der Waals surface area contributed by atoms with E-state index in [9.17, 15) is 14.4 Å². The Bertz CT molecular complexity index is 676. The van der Waals surface area contributed by atoms with Crippen molar-refractivity contribution in [3.05, 3.63) is 42.0 Å². The van der Waals surface area contributed by atoms with Gasteiger partial charge in [0, 0.05) is 24.7 Å². The smallest absolute Gasteiger partial charge is 0.434 e. The average molecular weight is 374 g/mol. The van der Waals surface area contributed by atoms with Crippen LogP contribution in [-0.2, 0) is 9.53 Å². The monoisotopic (exact) mass is 374 g/mol. The molecular formula is C20H26N2O5. The van der Waals surface area contributed by atoms with E-state index in [2.05, 4.69) is 5.32 Å². The first-order valence-corrected chi connectivity index (χ1v) is 9.24. The van der Waals surface area contributed by atoms with Crippen LogP contribution in [0.5, 0.6) is 5.75 Å². The molecule has 0 saturated carbocycles. The molecule has 1 aromatic carbocycles. The van der Waals surface area contributed by atoms with Crippen LogP contribution in [0.4, 0.5) is 4.79 Å². The molecule has 7 nitrogen and oxygen atoms in total. The second-order valence-electron chi connectivity index (χ2n) is 6.19. The number of carbonyl (C=O) groups excluding carboxylic acids is 3. The Morgan fingerprint density at radius 1 is 1.15 bits per heavy atom. The van der Waals surface area contributed by atoms with Crippen molar-refractivity contribution < 1.29 is 23.9 Å². The van der Waals surface area contributed by atoms with Gasteiger partial charge in [0.05, 0.1) is 6.61 Å². The fraction of sp³-hybridized carbons (Fsp3) is 0.450. The summed E-state index contributed by atoms with van der Waals surface area (Å²) in [6, 6.07) is 6.32. The van der Waals surface area contributed by atoms with Crippen molar-refractivity contribution in [2.24, 2.45) is 0 Å². The molecule has 0 radical (unpaired) electrons. The van der Waals surface area contributed by atoms with Crippen molar-refractivity contribution in [3.8, 4) is 5.75 Å². The Balaban J connectivity index is 1.81. The molecule has 2 rings (SSSR count). The molecule has 1 N–H and O–H groups in total. The molecule has 146 valence electrons. The van der Waals surface area contributed by atoms with E-state index in [0.29, 0.717) is 24.4 Å². The Morgan fingerprint density at radius 3 is 2.41 bits per heavy atom. The van der Waals surface area contributed by atoms with Crippen molar-refractivity contribution in [1.29, 1.82) is 0 Å². The second kappa shape index (κ2) is 10.4. The summed E-state index contributed by atoms with van der Waals surface area (Å²) < 4.78 is 9.66. The summed E-state index contributed by atoms with van der Waals surface area (Å²) in [5, 5.41) is 2.99. The lowest BCUT2D eigenvalue weighted by molar-refractivity contribution is -0.127. The maximum Gasteiger partial charge on any atom is 0.513 e. The predicted octanol–water partition coefficient (Wildman–Crippen LogP) is 2.91. The molecule has 1 aliphatic heterocycles. The number of carbonyl (C=O) groups is 3. The van der Waals surface area contributed by atoms with Crippen molar-refractivity contribution in [2.75, 3.05) is 19.7 Å². The van der Waals surface area contributed by atoms with Gasteiger partial charge in [0.1, 0.15) is 5.75 Å². The normalized spacial score (nSPS) is 14.8. The van der Waals surface area contributed by atoms with Gasteiger partial charge in [0.2, 0.25) is 5.91 Å². The van der Waals surface area contributed by atoms with Gasteiger partial charge in [-0.1, -0.05) is 13.0 Å². The highest BCUT2D eigenvalue weighted by Crippen LogP contribution is 2.15. The fourth-order valence-electron chi connectivity index (χ4n) is 2.75. The zero-order valence-electron chi connectivity index (χ0n) is 15.8. The van der Waals surface area contributed by atoms with Crippen molar-refractivity contribution in [2.45, 2.75) is 39.2 Å². The topological polar surface area (TPSA) is 84.9 Å². The summed E-state index contributed by atoms with van der Waals surface area (Å²) in [6.07, 6.45) is 4.97. The van der Waals surface area contributed by atoms with Crippen LogP contribution in [0, 0.1) is 0 Å². The first-order valence-electron chi connectivity index (χ1n) is 9.24. The van der Waals surface area contributed by atoms with Gasteiger partial charge in [-0.25, -0.2) is 4.79 Å². The number of rotatable bonds is 6. The van der Waals surface area contributed by atoms with Crippen molar-refractivity contribution in [3.63, 3.8) is 0 Å². The number of allylic oxidation sites excluding steroid dienone is 1. The first-order chi connectivity index (χ1) is 13.0. The Kier molecular flexibility index (Phi) is 7.85. The minimum Gasteiger partial charge on any atom is -0.434 e. The lowest BCUT2D eigenvalue weighted by atomic mass is 10.0. The van der Waals surface area contributed by atoms with E-state index in [1.165, 1.54) is 0 Å². The summed E-state index contributed by atoms with van der Waals surface area (Å²) >= 11 is 0. The highest BCUT2D eigenvalue weighted by Gasteiger charge is 2.23. The van der Waals surface area contributed by atoms with Crippen LogP contribution in [0.1, 0.15) is 43.5 Å². The molecule has 0 unspecified atom stereocenters. The minimum atomic E-state index is -0.773. The number of amides is 2. The highest BCUT2D eigenvalue weighted by molar-refractivity contribution is 5.94. The Labute approximate surface area is 159 Å². The zero-order chi connectivity index (χ0) is 19.6. The average Bonchev–Trinajstić information content (AvgIpc) is 2.67. The molecule has 1 heterocycles. The van der Waals surface area contributed by atoms with E-state index in [0.717, 1.165) is 19.3 Å². The molecule has 0 spiro atoms. The fourth-order valence-corrected chi connectivity index (χ4v) is 2.75. The predicted molar refractivity (Wildman–Crippen MR) is 101 cm³/mol. The molecule has 2 amide bonds. The summed E-state index contributed by atoms with van der Waals surface area (Å²) in [6.45, 7) is 5.17. The highest BCUT2D eigenvalue weighted by atomic mass is 16.7. The second-order valence-corrected chi connectivity index (χ2v) is 6.19. The van der Waals surface area contributed by atoms with Gasteiger partial charge in [-0.15, -0.1) is 0 Å². The van der Waals surface area contributed by atoms with Crippen LogP contribution >= 0.6 is 0 Å². The van der Waals surface area contributed by atoms with E-state index in [1.807, 2.05) is 13.0 Å². The first kappa shape index (κ1) is 20.5. The lowest BCUT2D eigenvalue weighted by Gasteiger charge is -2.31. The van der Waals surface area contributed by atoms with Crippen LogP contribution in [0.25, 0.3) is 0 Å². The summed E-state index contributed by atoms with van der Waals surface area (Å²) in [5.41, 5.74) is 0.482. The molecule has 7 heteroatoms. The summed E-state index contributed by atoms with van der Waals surface area (Å²) in [4.78, 5) is 37.4.